The highest BCUT2D eigenvalue weighted by molar-refractivity contribution is 5.09. The van der Waals surface area contributed by atoms with Crippen LogP contribution in [0.25, 0.3) is 0 Å². The monoisotopic (exact) mass is 204 g/mol. The van der Waals surface area contributed by atoms with Crippen LogP contribution in [0.15, 0.2) is 12.2 Å². The van der Waals surface area contributed by atoms with Crippen LogP contribution >= 0.6 is 0 Å². The standard InChI is InChI=1S/C15H24/c1-11-5-4-8-15-13(11)10-9-12-6-2-3-7-14(12)15/h12-15H,1-10H2. The fourth-order valence-electron chi connectivity index (χ4n) is 4.74. The van der Waals surface area contributed by atoms with Crippen LogP contribution < -0.4 is 0 Å². The highest BCUT2D eigenvalue weighted by Crippen LogP contribution is 2.52. The molecular formula is C15H24. The Hall–Kier alpha value is -0.260. The molecule has 0 nitrogen and oxygen atoms in total. The van der Waals surface area contributed by atoms with Crippen molar-refractivity contribution in [1.29, 1.82) is 0 Å². The zero-order chi connectivity index (χ0) is 10.3. The summed E-state index contributed by atoms with van der Waals surface area (Å²) in [6.07, 6.45) is 13.4. The predicted octanol–water partition coefficient (Wildman–Crippen LogP) is 4.56. The first-order valence-electron chi connectivity index (χ1n) is 7.04. The summed E-state index contributed by atoms with van der Waals surface area (Å²) in [6.45, 7) is 4.34. The molecule has 3 saturated carbocycles. The second-order valence-electron chi connectivity index (χ2n) is 6.11. The van der Waals surface area contributed by atoms with Gasteiger partial charge in [-0.25, -0.2) is 0 Å². The largest absolute Gasteiger partial charge is 0.0996 e. The molecule has 0 heteroatoms. The lowest BCUT2D eigenvalue weighted by atomic mass is 9.57. The number of fused-ring (bicyclic) bond motifs is 3. The van der Waals surface area contributed by atoms with Gasteiger partial charge in [0.25, 0.3) is 0 Å². The molecule has 3 rings (SSSR count). The normalized spacial score (nSPS) is 45.7. The van der Waals surface area contributed by atoms with Gasteiger partial charge in [-0.2, -0.15) is 0 Å². The van der Waals surface area contributed by atoms with E-state index in [-0.39, 0.29) is 0 Å². The van der Waals surface area contributed by atoms with Crippen molar-refractivity contribution in [1.82, 2.24) is 0 Å². The van der Waals surface area contributed by atoms with Crippen LogP contribution in [-0.2, 0) is 0 Å². The summed E-state index contributed by atoms with van der Waals surface area (Å²) in [4.78, 5) is 0. The fourth-order valence-corrected chi connectivity index (χ4v) is 4.74. The number of hydrogen-bond donors (Lipinski definition) is 0. The first-order valence-corrected chi connectivity index (χ1v) is 7.04. The van der Waals surface area contributed by atoms with Crippen LogP contribution in [0.4, 0.5) is 0 Å². The Balaban J connectivity index is 1.79. The van der Waals surface area contributed by atoms with Crippen LogP contribution in [0.3, 0.4) is 0 Å². The smallest absolute Gasteiger partial charge is 0.0175 e. The van der Waals surface area contributed by atoms with Gasteiger partial charge in [0, 0.05) is 0 Å². The summed E-state index contributed by atoms with van der Waals surface area (Å²) in [6, 6.07) is 0. The lowest BCUT2D eigenvalue weighted by Crippen LogP contribution is -2.39. The van der Waals surface area contributed by atoms with Gasteiger partial charge in [-0.15, -0.1) is 0 Å². The lowest BCUT2D eigenvalue weighted by molar-refractivity contribution is 0.0511. The van der Waals surface area contributed by atoms with Gasteiger partial charge in [0.1, 0.15) is 0 Å². The van der Waals surface area contributed by atoms with E-state index >= 15 is 0 Å². The molecular weight excluding hydrogens is 180 g/mol. The van der Waals surface area contributed by atoms with Gasteiger partial charge in [-0.05, 0) is 62.2 Å². The Labute approximate surface area is 94.1 Å². The maximum atomic E-state index is 4.34. The molecule has 0 amide bonds. The van der Waals surface area contributed by atoms with Crippen molar-refractivity contribution in [3.8, 4) is 0 Å². The van der Waals surface area contributed by atoms with E-state index in [1.807, 2.05) is 0 Å². The second kappa shape index (κ2) is 3.96. The third kappa shape index (κ3) is 1.66. The number of rotatable bonds is 0. The maximum absolute atomic E-state index is 4.34. The minimum Gasteiger partial charge on any atom is -0.0996 e. The van der Waals surface area contributed by atoms with Crippen LogP contribution in [0.5, 0.6) is 0 Å². The average molecular weight is 204 g/mol. The molecule has 0 aliphatic heterocycles. The predicted molar refractivity (Wildman–Crippen MR) is 64.7 cm³/mol. The molecule has 0 aromatic rings. The molecule has 0 N–H and O–H groups in total. The molecule has 0 bridgehead atoms. The minimum atomic E-state index is 0.929. The molecule has 0 spiro atoms. The van der Waals surface area contributed by atoms with Gasteiger partial charge in [0.2, 0.25) is 0 Å². The van der Waals surface area contributed by atoms with Gasteiger partial charge in [0.05, 0.1) is 0 Å². The summed E-state index contributed by atoms with van der Waals surface area (Å²) in [5.41, 5.74) is 1.61. The Kier molecular flexibility index (Phi) is 2.62. The van der Waals surface area contributed by atoms with Crippen LogP contribution in [0.1, 0.15) is 57.8 Å². The van der Waals surface area contributed by atoms with Gasteiger partial charge < -0.3 is 0 Å². The van der Waals surface area contributed by atoms with Crippen molar-refractivity contribution in [3.63, 3.8) is 0 Å². The highest BCUT2D eigenvalue weighted by Gasteiger charge is 2.41. The summed E-state index contributed by atoms with van der Waals surface area (Å²) in [5, 5.41) is 0. The first-order chi connectivity index (χ1) is 7.36. The first kappa shape index (κ1) is 9.93. The van der Waals surface area contributed by atoms with E-state index in [1.165, 1.54) is 44.9 Å². The van der Waals surface area contributed by atoms with E-state index in [0.29, 0.717) is 0 Å². The van der Waals surface area contributed by atoms with Crippen LogP contribution in [0.2, 0.25) is 0 Å². The molecule has 15 heavy (non-hydrogen) atoms. The summed E-state index contributed by atoms with van der Waals surface area (Å²) in [5.74, 6) is 4.17. The quantitative estimate of drug-likeness (QED) is 0.507. The molecule has 0 radical (unpaired) electrons. The van der Waals surface area contributed by atoms with E-state index < -0.39 is 0 Å². The molecule has 3 aliphatic rings. The van der Waals surface area contributed by atoms with Crippen molar-refractivity contribution < 1.29 is 0 Å². The molecule has 4 atom stereocenters. The zero-order valence-corrected chi connectivity index (χ0v) is 9.88. The number of hydrogen-bond acceptors (Lipinski definition) is 0. The summed E-state index contributed by atoms with van der Waals surface area (Å²) in [7, 11) is 0. The van der Waals surface area contributed by atoms with Gasteiger partial charge in [0.15, 0.2) is 0 Å². The van der Waals surface area contributed by atoms with Crippen LogP contribution in [-0.4, -0.2) is 0 Å². The highest BCUT2D eigenvalue weighted by atomic mass is 14.5. The third-order valence-electron chi connectivity index (χ3n) is 5.44. The molecule has 0 saturated heterocycles. The van der Waals surface area contributed by atoms with Crippen molar-refractivity contribution in [2.45, 2.75) is 57.8 Å². The second-order valence-corrected chi connectivity index (χ2v) is 6.11. The minimum absolute atomic E-state index is 0.929. The Morgan fingerprint density at radius 2 is 1.60 bits per heavy atom. The Morgan fingerprint density at radius 3 is 2.53 bits per heavy atom. The van der Waals surface area contributed by atoms with Crippen molar-refractivity contribution in [2.75, 3.05) is 0 Å². The lowest BCUT2D eigenvalue weighted by Gasteiger charge is -2.48. The summed E-state index contributed by atoms with van der Waals surface area (Å²) < 4.78 is 0. The van der Waals surface area contributed by atoms with E-state index in [9.17, 15) is 0 Å². The molecule has 0 aromatic carbocycles. The molecule has 0 heterocycles. The molecule has 3 aliphatic carbocycles. The Morgan fingerprint density at radius 1 is 0.800 bits per heavy atom. The summed E-state index contributed by atoms with van der Waals surface area (Å²) >= 11 is 0. The van der Waals surface area contributed by atoms with Crippen molar-refractivity contribution >= 4 is 0 Å². The van der Waals surface area contributed by atoms with Gasteiger partial charge >= 0.3 is 0 Å². The van der Waals surface area contributed by atoms with Gasteiger partial charge in [-0.1, -0.05) is 31.4 Å². The third-order valence-corrected chi connectivity index (χ3v) is 5.44. The van der Waals surface area contributed by atoms with E-state index in [1.54, 1.807) is 18.4 Å². The van der Waals surface area contributed by atoms with Crippen LogP contribution in [0, 0.1) is 23.7 Å². The number of allylic oxidation sites excluding steroid dienone is 1. The molecule has 3 fully saturated rings. The maximum Gasteiger partial charge on any atom is -0.0175 e. The van der Waals surface area contributed by atoms with Crippen molar-refractivity contribution in [2.24, 2.45) is 23.7 Å². The fraction of sp³-hybridized carbons (Fsp3) is 0.867. The molecule has 0 aromatic heterocycles. The van der Waals surface area contributed by atoms with E-state index in [4.69, 9.17) is 0 Å². The van der Waals surface area contributed by atoms with E-state index in [0.717, 1.165) is 23.7 Å². The van der Waals surface area contributed by atoms with Crippen molar-refractivity contribution in [3.05, 3.63) is 12.2 Å². The van der Waals surface area contributed by atoms with Gasteiger partial charge in [-0.3, -0.25) is 0 Å². The van der Waals surface area contributed by atoms with E-state index in [2.05, 4.69) is 6.58 Å². The average Bonchev–Trinajstić information content (AvgIpc) is 2.29. The Bertz CT molecular complexity index is 253. The molecule has 4 unspecified atom stereocenters. The molecule has 84 valence electrons. The zero-order valence-electron chi connectivity index (χ0n) is 9.88. The SMILES string of the molecule is C=C1CCCC2C1CCC1CCCCC12. The topological polar surface area (TPSA) is 0 Å².